The number of aliphatic hydroxyl groups excluding tert-OH is 1. The van der Waals surface area contributed by atoms with Crippen LogP contribution in [-0.4, -0.2) is 57.6 Å². The molecule has 7 nitrogen and oxygen atoms in total. The molecule has 0 bridgehead atoms. The summed E-state index contributed by atoms with van der Waals surface area (Å²) in [6, 6.07) is 8.20. The first-order valence-electron chi connectivity index (χ1n) is 8.38. The molecule has 1 heterocycles. The standard InChI is InChI=1S/C18H26N2O5/c1-18(2,3)25-16(22)19-13-9-10-20(17(23)24)14(15(13)21)11-12-7-5-4-6-8-12/h4-8,13-15,21H,9-11H2,1-3H3,(H,19,22)(H,23,24)/t13-,14?,15-/m0/s1. The first-order valence-corrected chi connectivity index (χ1v) is 8.38. The number of hydrogen-bond acceptors (Lipinski definition) is 4. The van der Waals surface area contributed by atoms with E-state index in [0.29, 0.717) is 12.8 Å². The molecular formula is C18H26N2O5. The topological polar surface area (TPSA) is 99.1 Å². The van der Waals surface area contributed by atoms with Gasteiger partial charge in [0.15, 0.2) is 0 Å². The van der Waals surface area contributed by atoms with Gasteiger partial charge in [0.05, 0.1) is 18.2 Å². The van der Waals surface area contributed by atoms with Gasteiger partial charge < -0.3 is 25.2 Å². The van der Waals surface area contributed by atoms with Gasteiger partial charge in [0.2, 0.25) is 0 Å². The van der Waals surface area contributed by atoms with E-state index in [0.717, 1.165) is 5.56 Å². The van der Waals surface area contributed by atoms with Crippen LogP contribution in [-0.2, 0) is 11.2 Å². The number of nitrogens with one attached hydrogen (secondary N) is 1. The van der Waals surface area contributed by atoms with Crippen LogP contribution in [0.25, 0.3) is 0 Å². The lowest BCUT2D eigenvalue weighted by Crippen LogP contribution is -2.61. The maximum Gasteiger partial charge on any atom is 0.407 e. The summed E-state index contributed by atoms with van der Waals surface area (Å²) in [5.74, 6) is 0. The number of carboxylic acid groups (broad SMARTS) is 1. The van der Waals surface area contributed by atoms with Crippen LogP contribution in [0.1, 0.15) is 32.8 Å². The summed E-state index contributed by atoms with van der Waals surface area (Å²) in [5.41, 5.74) is 0.288. The van der Waals surface area contributed by atoms with E-state index in [2.05, 4.69) is 5.32 Å². The van der Waals surface area contributed by atoms with Gasteiger partial charge in [0.1, 0.15) is 5.60 Å². The Morgan fingerprint density at radius 2 is 1.92 bits per heavy atom. The number of hydrogen-bond donors (Lipinski definition) is 3. The number of amides is 2. The monoisotopic (exact) mass is 350 g/mol. The number of piperidine rings is 1. The van der Waals surface area contributed by atoms with Gasteiger partial charge in [-0.05, 0) is 39.2 Å². The van der Waals surface area contributed by atoms with E-state index >= 15 is 0 Å². The SMILES string of the molecule is CC(C)(C)OC(=O)N[C@H]1CCN(C(=O)O)C(Cc2ccccc2)[C@H]1O. The van der Waals surface area contributed by atoms with Crippen LogP contribution in [0.2, 0.25) is 0 Å². The molecule has 1 saturated heterocycles. The second-order valence-electron chi connectivity index (χ2n) is 7.27. The molecule has 0 spiro atoms. The van der Waals surface area contributed by atoms with E-state index in [-0.39, 0.29) is 6.54 Å². The molecule has 1 aromatic rings. The number of aliphatic hydroxyl groups is 1. The maximum absolute atomic E-state index is 12.0. The molecule has 7 heteroatoms. The predicted molar refractivity (Wildman–Crippen MR) is 92.4 cm³/mol. The highest BCUT2D eigenvalue weighted by atomic mass is 16.6. The van der Waals surface area contributed by atoms with Crippen molar-refractivity contribution in [1.82, 2.24) is 10.2 Å². The highest BCUT2D eigenvalue weighted by Gasteiger charge is 2.40. The normalized spacial score (nSPS) is 23.8. The van der Waals surface area contributed by atoms with Gasteiger partial charge in [0.25, 0.3) is 0 Å². The fourth-order valence-corrected chi connectivity index (χ4v) is 3.01. The van der Waals surface area contributed by atoms with Crippen molar-refractivity contribution in [3.8, 4) is 0 Å². The van der Waals surface area contributed by atoms with E-state index in [4.69, 9.17) is 4.74 Å². The smallest absolute Gasteiger partial charge is 0.407 e. The number of ether oxygens (including phenoxy) is 1. The number of nitrogens with zero attached hydrogens (tertiary/aromatic N) is 1. The van der Waals surface area contributed by atoms with Crippen molar-refractivity contribution in [2.75, 3.05) is 6.54 Å². The van der Waals surface area contributed by atoms with Crippen molar-refractivity contribution in [3.05, 3.63) is 35.9 Å². The minimum Gasteiger partial charge on any atom is -0.465 e. The first kappa shape index (κ1) is 19.1. The summed E-state index contributed by atoms with van der Waals surface area (Å²) in [6.07, 6.45) is -1.99. The van der Waals surface area contributed by atoms with E-state index in [1.165, 1.54) is 4.90 Å². The molecule has 0 saturated carbocycles. The van der Waals surface area contributed by atoms with Crippen LogP contribution < -0.4 is 5.32 Å². The quantitative estimate of drug-likeness (QED) is 0.776. The van der Waals surface area contributed by atoms with Crippen molar-refractivity contribution in [2.24, 2.45) is 0 Å². The summed E-state index contributed by atoms with van der Waals surface area (Å²) < 4.78 is 5.23. The largest absolute Gasteiger partial charge is 0.465 e. The molecule has 3 N–H and O–H groups in total. The zero-order valence-corrected chi connectivity index (χ0v) is 14.8. The third kappa shape index (κ3) is 5.35. The van der Waals surface area contributed by atoms with Crippen molar-refractivity contribution in [3.63, 3.8) is 0 Å². The summed E-state index contributed by atoms with van der Waals surface area (Å²) in [5, 5.41) is 22.8. The Morgan fingerprint density at radius 3 is 2.48 bits per heavy atom. The van der Waals surface area contributed by atoms with Crippen LogP contribution in [0.15, 0.2) is 30.3 Å². The number of carbonyl (C=O) groups is 2. The molecule has 0 aromatic heterocycles. The zero-order chi connectivity index (χ0) is 18.6. The number of alkyl carbamates (subject to hydrolysis) is 1. The molecule has 0 aliphatic carbocycles. The summed E-state index contributed by atoms with van der Waals surface area (Å²) in [6.45, 7) is 5.51. The van der Waals surface area contributed by atoms with Gasteiger partial charge in [-0.2, -0.15) is 0 Å². The summed E-state index contributed by atoms with van der Waals surface area (Å²) in [7, 11) is 0. The van der Waals surface area contributed by atoms with Gasteiger partial charge in [-0.1, -0.05) is 30.3 Å². The lowest BCUT2D eigenvalue weighted by Gasteiger charge is -2.42. The molecule has 3 atom stereocenters. The Kier molecular flexibility index (Phi) is 5.89. The molecule has 1 aliphatic rings. The maximum atomic E-state index is 12.0. The fraction of sp³-hybridized carbons (Fsp3) is 0.556. The third-order valence-electron chi connectivity index (χ3n) is 4.12. The number of rotatable bonds is 3. The fourth-order valence-electron chi connectivity index (χ4n) is 3.01. The molecule has 2 amide bonds. The second kappa shape index (κ2) is 7.74. The van der Waals surface area contributed by atoms with Gasteiger partial charge in [-0.3, -0.25) is 0 Å². The van der Waals surface area contributed by atoms with Crippen LogP contribution >= 0.6 is 0 Å². The predicted octanol–water partition coefficient (Wildman–Crippen LogP) is 2.24. The first-order chi connectivity index (χ1) is 11.7. The Balaban J connectivity index is 2.10. The van der Waals surface area contributed by atoms with Crippen molar-refractivity contribution in [2.45, 2.75) is 57.4 Å². The zero-order valence-electron chi connectivity index (χ0n) is 14.8. The van der Waals surface area contributed by atoms with Crippen molar-refractivity contribution < 1.29 is 24.5 Å². The number of benzene rings is 1. The minimum atomic E-state index is -1.07. The lowest BCUT2D eigenvalue weighted by molar-refractivity contribution is -0.0113. The molecule has 25 heavy (non-hydrogen) atoms. The van der Waals surface area contributed by atoms with E-state index in [1.807, 2.05) is 30.3 Å². The Morgan fingerprint density at radius 1 is 1.28 bits per heavy atom. The number of carbonyl (C=O) groups excluding carboxylic acids is 1. The Bertz CT molecular complexity index is 599. The Labute approximate surface area is 147 Å². The molecule has 0 radical (unpaired) electrons. The third-order valence-corrected chi connectivity index (χ3v) is 4.12. The van der Waals surface area contributed by atoms with Gasteiger partial charge in [0, 0.05) is 6.54 Å². The summed E-state index contributed by atoms with van der Waals surface area (Å²) in [4.78, 5) is 24.7. The van der Waals surface area contributed by atoms with Gasteiger partial charge >= 0.3 is 12.2 Å². The highest BCUT2D eigenvalue weighted by molar-refractivity contribution is 5.69. The average Bonchev–Trinajstić information content (AvgIpc) is 2.50. The van der Waals surface area contributed by atoms with E-state index < -0.39 is 36.0 Å². The summed E-state index contributed by atoms with van der Waals surface area (Å²) >= 11 is 0. The average molecular weight is 350 g/mol. The van der Waals surface area contributed by atoms with Gasteiger partial charge in [-0.25, -0.2) is 9.59 Å². The van der Waals surface area contributed by atoms with Crippen LogP contribution in [0, 0.1) is 0 Å². The molecule has 138 valence electrons. The molecule has 1 aliphatic heterocycles. The van der Waals surface area contributed by atoms with Crippen molar-refractivity contribution in [1.29, 1.82) is 0 Å². The second-order valence-corrected chi connectivity index (χ2v) is 7.27. The molecule has 1 aromatic carbocycles. The lowest BCUT2D eigenvalue weighted by atomic mass is 9.89. The molecular weight excluding hydrogens is 324 g/mol. The highest BCUT2D eigenvalue weighted by Crippen LogP contribution is 2.22. The van der Waals surface area contributed by atoms with E-state index in [9.17, 15) is 19.8 Å². The van der Waals surface area contributed by atoms with Crippen LogP contribution in [0.3, 0.4) is 0 Å². The molecule has 1 fully saturated rings. The molecule has 1 unspecified atom stereocenters. The van der Waals surface area contributed by atoms with Crippen LogP contribution in [0.5, 0.6) is 0 Å². The minimum absolute atomic E-state index is 0.240. The Hall–Kier alpha value is -2.28. The van der Waals surface area contributed by atoms with Gasteiger partial charge in [-0.15, -0.1) is 0 Å². The van der Waals surface area contributed by atoms with E-state index in [1.54, 1.807) is 20.8 Å². The van der Waals surface area contributed by atoms with Crippen LogP contribution in [0.4, 0.5) is 9.59 Å². The van der Waals surface area contributed by atoms with Crippen molar-refractivity contribution >= 4 is 12.2 Å². The molecule has 2 rings (SSSR count). The number of likely N-dealkylation sites (tertiary alicyclic amines) is 1.